The minimum absolute atomic E-state index is 0.0845. The monoisotopic (exact) mass is 384 g/mol. The lowest BCUT2D eigenvalue weighted by Crippen LogP contribution is -2.21. The summed E-state index contributed by atoms with van der Waals surface area (Å²) in [5.74, 6) is -0.406. The van der Waals surface area contributed by atoms with Gasteiger partial charge in [0.2, 0.25) is 0 Å². The fourth-order valence-corrected chi connectivity index (χ4v) is 3.18. The maximum Gasteiger partial charge on any atom is 0.269 e. The average Bonchev–Trinajstić information content (AvgIpc) is 2.76. The fraction of sp³-hybridized carbons (Fsp3) is 0.0435. The Labute approximate surface area is 166 Å². The van der Waals surface area contributed by atoms with Gasteiger partial charge in [-0.3, -0.25) is 19.3 Å². The van der Waals surface area contributed by atoms with Gasteiger partial charge in [-0.15, -0.1) is 0 Å². The molecule has 0 saturated heterocycles. The Bertz CT molecular complexity index is 1310. The van der Waals surface area contributed by atoms with Crippen LogP contribution in [-0.4, -0.2) is 19.5 Å². The summed E-state index contributed by atoms with van der Waals surface area (Å²) in [6.45, 7) is 7.60. The molecule has 6 heteroatoms. The zero-order valence-corrected chi connectivity index (χ0v) is 15.5. The Balaban J connectivity index is 1.72. The first kappa shape index (κ1) is 18.4. The number of fused-ring (bicyclic) bond motifs is 1. The van der Waals surface area contributed by atoms with Gasteiger partial charge in [0.15, 0.2) is 0 Å². The molecule has 4 rings (SSSR count). The van der Waals surface area contributed by atoms with Crippen molar-refractivity contribution in [3.05, 3.63) is 101 Å². The van der Waals surface area contributed by atoms with Gasteiger partial charge in [-0.2, -0.15) is 0 Å². The third-order valence-corrected chi connectivity index (χ3v) is 4.73. The van der Waals surface area contributed by atoms with Crippen LogP contribution < -0.4 is 5.56 Å². The van der Waals surface area contributed by atoms with Crippen molar-refractivity contribution in [2.24, 2.45) is 0 Å². The molecule has 1 aromatic carbocycles. The van der Waals surface area contributed by atoms with E-state index in [0.29, 0.717) is 22.2 Å². The van der Waals surface area contributed by atoms with Crippen molar-refractivity contribution in [2.45, 2.75) is 6.54 Å². The Morgan fingerprint density at radius 1 is 1.00 bits per heavy atom. The lowest BCUT2D eigenvalue weighted by Gasteiger charge is -2.11. The summed E-state index contributed by atoms with van der Waals surface area (Å²) >= 11 is 0. The SMILES string of the molecule is C=Cc1cc(-c2ccc(Cn3c(=O)cnc4ccncc43)c(F)c2)cnc1C=C. The molecule has 0 N–H and O–H groups in total. The molecule has 142 valence electrons. The van der Waals surface area contributed by atoms with Crippen LogP contribution in [0.2, 0.25) is 0 Å². The maximum atomic E-state index is 14.9. The lowest BCUT2D eigenvalue weighted by molar-refractivity contribution is 0.599. The van der Waals surface area contributed by atoms with Crippen LogP contribution in [0.4, 0.5) is 4.39 Å². The van der Waals surface area contributed by atoms with E-state index in [2.05, 4.69) is 28.1 Å². The summed E-state index contributed by atoms with van der Waals surface area (Å²) in [7, 11) is 0. The smallest absolute Gasteiger partial charge is 0.269 e. The Kier molecular flexibility index (Phi) is 4.83. The van der Waals surface area contributed by atoms with Gasteiger partial charge in [-0.1, -0.05) is 31.4 Å². The molecule has 29 heavy (non-hydrogen) atoms. The second-order valence-corrected chi connectivity index (χ2v) is 6.46. The summed E-state index contributed by atoms with van der Waals surface area (Å²) in [5.41, 5.74) is 4.27. The quantitative estimate of drug-likeness (QED) is 0.514. The minimum Gasteiger partial charge on any atom is -0.299 e. The van der Waals surface area contributed by atoms with E-state index in [0.717, 1.165) is 16.8 Å². The molecule has 0 saturated carbocycles. The number of hydrogen-bond acceptors (Lipinski definition) is 4. The highest BCUT2D eigenvalue weighted by molar-refractivity contribution is 5.73. The molecule has 0 aliphatic carbocycles. The van der Waals surface area contributed by atoms with Crippen LogP contribution in [0.25, 0.3) is 34.3 Å². The van der Waals surface area contributed by atoms with Crippen molar-refractivity contribution in [1.82, 2.24) is 19.5 Å². The van der Waals surface area contributed by atoms with Crippen LogP contribution in [0.15, 0.2) is 73.1 Å². The Hall–Kier alpha value is -3.93. The van der Waals surface area contributed by atoms with E-state index in [9.17, 15) is 9.18 Å². The molecule has 0 fully saturated rings. The second kappa shape index (κ2) is 7.59. The number of nitrogens with zero attached hydrogens (tertiary/aromatic N) is 4. The van der Waals surface area contributed by atoms with E-state index in [-0.39, 0.29) is 12.1 Å². The summed E-state index contributed by atoms with van der Waals surface area (Å²) in [6.07, 6.45) is 9.40. The molecule has 0 bridgehead atoms. The largest absolute Gasteiger partial charge is 0.299 e. The van der Waals surface area contributed by atoms with Crippen LogP contribution in [0.5, 0.6) is 0 Å². The number of benzene rings is 1. The molecule has 3 aromatic heterocycles. The van der Waals surface area contributed by atoms with Crippen molar-refractivity contribution < 1.29 is 4.39 Å². The van der Waals surface area contributed by atoms with Gasteiger partial charge < -0.3 is 0 Å². The third kappa shape index (κ3) is 3.48. The summed E-state index contributed by atoms with van der Waals surface area (Å²) in [5, 5.41) is 0. The first-order valence-electron chi connectivity index (χ1n) is 8.94. The number of halogens is 1. The molecule has 0 atom stereocenters. The van der Waals surface area contributed by atoms with Gasteiger partial charge in [0.05, 0.1) is 35.7 Å². The molecule has 0 unspecified atom stereocenters. The molecule has 0 radical (unpaired) electrons. The lowest BCUT2D eigenvalue weighted by atomic mass is 10.0. The fourth-order valence-electron chi connectivity index (χ4n) is 3.18. The van der Waals surface area contributed by atoms with E-state index >= 15 is 0 Å². The summed E-state index contributed by atoms with van der Waals surface area (Å²) in [6, 6.07) is 8.52. The number of rotatable bonds is 5. The first-order chi connectivity index (χ1) is 14.1. The van der Waals surface area contributed by atoms with Crippen molar-refractivity contribution in [2.75, 3.05) is 0 Å². The highest BCUT2D eigenvalue weighted by Gasteiger charge is 2.11. The predicted molar refractivity (Wildman–Crippen MR) is 113 cm³/mol. The minimum atomic E-state index is -0.406. The molecule has 0 aliphatic rings. The predicted octanol–water partition coefficient (Wildman–Crippen LogP) is 4.33. The third-order valence-electron chi connectivity index (χ3n) is 4.73. The van der Waals surface area contributed by atoms with Gasteiger partial charge in [0, 0.05) is 29.1 Å². The van der Waals surface area contributed by atoms with Gasteiger partial charge >= 0.3 is 0 Å². The normalized spacial score (nSPS) is 10.8. The molecular weight excluding hydrogens is 367 g/mol. The van der Waals surface area contributed by atoms with Gasteiger partial charge in [0.1, 0.15) is 5.82 Å². The van der Waals surface area contributed by atoms with Gasteiger partial charge in [0.25, 0.3) is 5.56 Å². The summed E-state index contributed by atoms with van der Waals surface area (Å²) in [4.78, 5) is 24.8. The van der Waals surface area contributed by atoms with Crippen molar-refractivity contribution in [1.29, 1.82) is 0 Å². The Morgan fingerprint density at radius 3 is 2.62 bits per heavy atom. The molecule has 3 heterocycles. The molecule has 0 aliphatic heterocycles. The van der Waals surface area contributed by atoms with E-state index < -0.39 is 5.82 Å². The topological polar surface area (TPSA) is 60.7 Å². The van der Waals surface area contributed by atoms with Crippen LogP contribution in [0, 0.1) is 5.82 Å². The zero-order chi connectivity index (χ0) is 20.4. The highest BCUT2D eigenvalue weighted by atomic mass is 19.1. The van der Waals surface area contributed by atoms with Gasteiger partial charge in [-0.05, 0) is 29.8 Å². The van der Waals surface area contributed by atoms with E-state index in [4.69, 9.17) is 0 Å². The van der Waals surface area contributed by atoms with Crippen molar-refractivity contribution in [3.8, 4) is 11.1 Å². The van der Waals surface area contributed by atoms with E-state index in [1.165, 1.54) is 16.8 Å². The average molecular weight is 384 g/mol. The maximum absolute atomic E-state index is 14.9. The van der Waals surface area contributed by atoms with Crippen LogP contribution in [0.1, 0.15) is 16.8 Å². The van der Waals surface area contributed by atoms with E-state index in [1.807, 2.05) is 12.1 Å². The van der Waals surface area contributed by atoms with E-state index in [1.54, 1.807) is 42.9 Å². The number of pyridine rings is 2. The Morgan fingerprint density at radius 2 is 1.86 bits per heavy atom. The molecule has 4 aromatic rings. The number of aromatic nitrogens is 4. The van der Waals surface area contributed by atoms with Crippen LogP contribution in [0.3, 0.4) is 0 Å². The second-order valence-electron chi connectivity index (χ2n) is 6.46. The van der Waals surface area contributed by atoms with Gasteiger partial charge in [-0.25, -0.2) is 9.37 Å². The van der Waals surface area contributed by atoms with Crippen LogP contribution in [-0.2, 0) is 6.54 Å². The summed E-state index contributed by atoms with van der Waals surface area (Å²) < 4.78 is 16.3. The zero-order valence-electron chi connectivity index (χ0n) is 15.5. The number of hydrogen-bond donors (Lipinski definition) is 0. The molecular formula is C23H17FN4O. The van der Waals surface area contributed by atoms with Crippen LogP contribution >= 0.6 is 0 Å². The van der Waals surface area contributed by atoms with Crippen molar-refractivity contribution in [3.63, 3.8) is 0 Å². The first-order valence-corrected chi connectivity index (χ1v) is 8.94. The molecule has 0 spiro atoms. The molecule has 0 amide bonds. The molecule has 5 nitrogen and oxygen atoms in total. The van der Waals surface area contributed by atoms with Crippen molar-refractivity contribution >= 4 is 23.2 Å². The standard InChI is InChI=1S/C23H17FN4O/c1-3-15-9-18(11-26-20(15)4-2)16-5-6-17(19(24)10-16)14-28-22-12-25-8-7-21(22)27-13-23(28)29/h3-13H,1-2,14H2. The highest BCUT2D eigenvalue weighted by Crippen LogP contribution is 2.25.